The second-order valence-corrected chi connectivity index (χ2v) is 5.35. The van der Waals surface area contributed by atoms with Crippen molar-refractivity contribution in [1.82, 2.24) is 4.98 Å². The molecule has 1 aromatic heterocycles. The van der Waals surface area contributed by atoms with Gasteiger partial charge in [-0.2, -0.15) is 5.26 Å². The molecule has 20 heavy (non-hydrogen) atoms. The molecule has 0 aliphatic carbocycles. The van der Waals surface area contributed by atoms with Crippen LogP contribution in [0, 0.1) is 18.3 Å². The van der Waals surface area contributed by atoms with Crippen molar-refractivity contribution in [2.24, 2.45) is 0 Å². The van der Waals surface area contributed by atoms with Crippen LogP contribution in [0.15, 0.2) is 35.8 Å². The molecule has 0 atom stereocenters. The number of rotatable bonds is 2. The Kier molecular flexibility index (Phi) is 3.01. The lowest BCUT2D eigenvalue weighted by Gasteiger charge is -2.12. The van der Waals surface area contributed by atoms with E-state index in [4.69, 9.17) is 5.73 Å². The topological polar surface area (TPSA) is 74.7 Å². The molecule has 0 saturated carbocycles. The van der Waals surface area contributed by atoms with Gasteiger partial charge in [-0.05, 0) is 30.7 Å². The molecule has 4 nitrogen and oxygen atoms in total. The molecule has 0 unspecified atom stereocenters. The third-order valence-electron chi connectivity index (χ3n) is 3.20. The molecule has 3 rings (SSSR count). The number of fused-ring (bicyclic) bond motifs is 1. The number of nitriles is 1. The van der Waals surface area contributed by atoms with Crippen molar-refractivity contribution in [2.45, 2.75) is 6.92 Å². The Labute approximate surface area is 120 Å². The van der Waals surface area contributed by atoms with Crippen molar-refractivity contribution in [3.05, 3.63) is 47.0 Å². The SMILES string of the molecule is Cc1cccc(Nc2ccc3scnc3c2N)c1C#N. The molecule has 5 heteroatoms. The van der Waals surface area contributed by atoms with Gasteiger partial charge >= 0.3 is 0 Å². The molecule has 0 amide bonds. The van der Waals surface area contributed by atoms with Crippen LogP contribution < -0.4 is 11.1 Å². The molecule has 0 radical (unpaired) electrons. The quantitative estimate of drug-likeness (QED) is 0.700. The van der Waals surface area contributed by atoms with Gasteiger partial charge in [0.05, 0.1) is 32.8 Å². The monoisotopic (exact) mass is 280 g/mol. The Morgan fingerprint density at radius 1 is 1.25 bits per heavy atom. The van der Waals surface area contributed by atoms with Gasteiger partial charge in [0.15, 0.2) is 0 Å². The Hall–Kier alpha value is -2.58. The molecule has 0 spiro atoms. The summed E-state index contributed by atoms with van der Waals surface area (Å²) in [5.41, 5.74) is 12.4. The fourth-order valence-electron chi connectivity index (χ4n) is 2.13. The Bertz CT molecular complexity index is 829. The molecular weight excluding hydrogens is 268 g/mol. The maximum absolute atomic E-state index is 9.25. The third-order valence-corrected chi connectivity index (χ3v) is 3.99. The van der Waals surface area contributed by atoms with E-state index in [0.717, 1.165) is 27.2 Å². The lowest BCUT2D eigenvalue weighted by molar-refractivity contribution is 1.38. The van der Waals surface area contributed by atoms with Gasteiger partial charge in [0.2, 0.25) is 0 Å². The number of thiazole rings is 1. The molecule has 98 valence electrons. The second kappa shape index (κ2) is 4.83. The highest BCUT2D eigenvalue weighted by molar-refractivity contribution is 7.16. The molecule has 0 aliphatic rings. The van der Waals surface area contributed by atoms with Crippen LogP contribution in [0.3, 0.4) is 0 Å². The number of hydrogen-bond acceptors (Lipinski definition) is 5. The zero-order valence-corrected chi connectivity index (χ0v) is 11.7. The number of nitrogen functional groups attached to an aromatic ring is 1. The summed E-state index contributed by atoms with van der Waals surface area (Å²) in [5, 5.41) is 12.5. The summed E-state index contributed by atoms with van der Waals surface area (Å²) >= 11 is 1.56. The first-order valence-electron chi connectivity index (χ1n) is 6.09. The minimum Gasteiger partial charge on any atom is -0.395 e. The first kappa shape index (κ1) is 12.5. The van der Waals surface area contributed by atoms with Crippen LogP contribution in [0.2, 0.25) is 0 Å². The fraction of sp³-hybridized carbons (Fsp3) is 0.0667. The largest absolute Gasteiger partial charge is 0.395 e. The molecule has 2 aromatic carbocycles. The van der Waals surface area contributed by atoms with Gasteiger partial charge in [-0.15, -0.1) is 11.3 Å². The van der Waals surface area contributed by atoms with Gasteiger partial charge in [-0.3, -0.25) is 0 Å². The van der Waals surface area contributed by atoms with Gasteiger partial charge in [0, 0.05) is 0 Å². The summed E-state index contributed by atoms with van der Waals surface area (Å²) in [6, 6.07) is 11.8. The lowest BCUT2D eigenvalue weighted by Crippen LogP contribution is -1.99. The minimum atomic E-state index is 0.606. The molecule has 1 heterocycles. The van der Waals surface area contributed by atoms with Crippen LogP contribution in [-0.4, -0.2) is 4.98 Å². The summed E-state index contributed by atoms with van der Waals surface area (Å²) in [4.78, 5) is 4.27. The number of nitrogens with one attached hydrogen (secondary N) is 1. The van der Waals surface area contributed by atoms with E-state index in [1.807, 2.05) is 37.3 Å². The smallest absolute Gasteiger partial charge is 0.106 e. The van der Waals surface area contributed by atoms with Crippen LogP contribution in [0.1, 0.15) is 11.1 Å². The number of nitrogens with zero attached hydrogens (tertiary/aromatic N) is 2. The zero-order chi connectivity index (χ0) is 14.1. The number of nitrogens with two attached hydrogens (primary N) is 1. The van der Waals surface area contributed by atoms with Crippen molar-refractivity contribution in [1.29, 1.82) is 5.26 Å². The van der Waals surface area contributed by atoms with E-state index in [-0.39, 0.29) is 0 Å². The minimum absolute atomic E-state index is 0.606. The predicted octanol–water partition coefficient (Wildman–Crippen LogP) is 3.80. The number of benzene rings is 2. The standard InChI is InChI=1S/C15H12N4S/c1-9-3-2-4-11(10(9)7-16)19-12-5-6-13-15(14(12)17)18-8-20-13/h2-6,8,19H,17H2,1H3. The van der Waals surface area contributed by atoms with E-state index >= 15 is 0 Å². The molecule has 0 aliphatic heterocycles. The van der Waals surface area contributed by atoms with Crippen LogP contribution in [0.25, 0.3) is 10.2 Å². The number of aryl methyl sites for hydroxylation is 1. The average molecular weight is 280 g/mol. The average Bonchev–Trinajstić information content (AvgIpc) is 2.91. The zero-order valence-electron chi connectivity index (χ0n) is 10.8. The van der Waals surface area contributed by atoms with Gasteiger partial charge in [-0.25, -0.2) is 4.98 Å². The van der Waals surface area contributed by atoms with E-state index in [9.17, 15) is 5.26 Å². The summed E-state index contributed by atoms with van der Waals surface area (Å²) in [6.07, 6.45) is 0. The van der Waals surface area contributed by atoms with E-state index in [2.05, 4.69) is 16.4 Å². The van der Waals surface area contributed by atoms with Crippen LogP contribution in [-0.2, 0) is 0 Å². The van der Waals surface area contributed by atoms with Crippen molar-refractivity contribution < 1.29 is 0 Å². The van der Waals surface area contributed by atoms with Crippen LogP contribution in [0.5, 0.6) is 0 Å². The van der Waals surface area contributed by atoms with E-state index in [0.29, 0.717) is 11.3 Å². The molecule has 0 fully saturated rings. The highest BCUT2D eigenvalue weighted by atomic mass is 32.1. The Balaban J connectivity index is 2.08. The van der Waals surface area contributed by atoms with Crippen molar-refractivity contribution >= 4 is 38.6 Å². The van der Waals surface area contributed by atoms with Gasteiger partial charge in [-0.1, -0.05) is 12.1 Å². The number of anilines is 3. The maximum Gasteiger partial charge on any atom is 0.106 e. The van der Waals surface area contributed by atoms with Crippen molar-refractivity contribution in [2.75, 3.05) is 11.1 Å². The first-order chi connectivity index (χ1) is 9.70. The first-order valence-corrected chi connectivity index (χ1v) is 6.97. The fourth-order valence-corrected chi connectivity index (χ4v) is 2.82. The Morgan fingerprint density at radius 3 is 2.90 bits per heavy atom. The van der Waals surface area contributed by atoms with Gasteiger partial charge in [0.1, 0.15) is 11.6 Å². The molecule has 0 bridgehead atoms. The van der Waals surface area contributed by atoms with E-state index in [1.165, 1.54) is 0 Å². The summed E-state index contributed by atoms with van der Waals surface area (Å²) in [7, 11) is 0. The van der Waals surface area contributed by atoms with E-state index in [1.54, 1.807) is 16.8 Å². The lowest BCUT2D eigenvalue weighted by atomic mass is 10.1. The highest BCUT2D eigenvalue weighted by Gasteiger charge is 2.10. The second-order valence-electron chi connectivity index (χ2n) is 4.46. The van der Waals surface area contributed by atoms with Crippen LogP contribution >= 0.6 is 11.3 Å². The molecule has 3 aromatic rings. The summed E-state index contributed by atoms with van der Waals surface area (Å²) in [6.45, 7) is 1.91. The third kappa shape index (κ3) is 1.96. The molecule has 0 saturated heterocycles. The highest BCUT2D eigenvalue weighted by Crippen LogP contribution is 2.33. The molecular formula is C15H12N4S. The summed E-state index contributed by atoms with van der Waals surface area (Å²) < 4.78 is 1.05. The normalized spacial score (nSPS) is 10.4. The predicted molar refractivity (Wildman–Crippen MR) is 83.2 cm³/mol. The van der Waals surface area contributed by atoms with Crippen molar-refractivity contribution in [3.63, 3.8) is 0 Å². The summed E-state index contributed by atoms with van der Waals surface area (Å²) in [5.74, 6) is 0. The number of aromatic nitrogens is 1. The van der Waals surface area contributed by atoms with Crippen molar-refractivity contribution in [3.8, 4) is 6.07 Å². The number of hydrogen-bond donors (Lipinski definition) is 2. The van der Waals surface area contributed by atoms with E-state index < -0.39 is 0 Å². The van der Waals surface area contributed by atoms with Crippen LogP contribution in [0.4, 0.5) is 17.1 Å². The van der Waals surface area contributed by atoms with Gasteiger partial charge < -0.3 is 11.1 Å². The Morgan fingerprint density at radius 2 is 2.10 bits per heavy atom. The maximum atomic E-state index is 9.25. The van der Waals surface area contributed by atoms with Gasteiger partial charge in [0.25, 0.3) is 0 Å². The molecule has 3 N–H and O–H groups in total.